The van der Waals surface area contributed by atoms with Crippen LogP contribution in [-0.4, -0.2) is 66.7 Å². The van der Waals surface area contributed by atoms with E-state index in [1.165, 1.54) is 12.1 Å². The molecule has 2 fully saturated rings. The number of likely N-dealkylation sites (tertiary alicyclic amines) is 1. The van der Waals surface area contributed by atoms with Gasteiger partial charge < -0.3 is 19.4 Å². The SMILES string of the molecule is CC(C)(C)OC(=O)N1CCCC(C(=O)N2CCN(c3ccc(F)cc3F)CC2)C1. The molecule has 2 aliphatic rings. The van der Waals surface area contributed by atoms with Gasteiger partial charge in [0.15, 0.2) is 0 Å². The second-order valence-corrected chi connectivity index (χ2v) is 8.67. The molecule has 0 radical (unpaired) electrons. The summed E-state index contributed by atoms with van der Waals surface area (Å²) in [6.07, 6.45) is 1.12. The summed E-state index contributed by atoms with van der Waals surface area (Å²) in [6.45, 7) is 8.32. The van der Waals surface area contributed by atoms with Crippen molar-refractivity contribution in [3.63, 3.8) is 0 Å². The van der Waals surface area contributed by atoms with Gasteiger partial charge in [-0.15, -0.1) is 0 Å². The maximum absolute atomic E-state index is 14.0. The van der Waals surface area contributed by atoms with Crippen molar-refractivity contribution in [3.8, 4) is 0 Å². The van der Waals surface area contributed by atoms with Crippen LogP contribution in [0.2, 0.25) is 0 Å². The minimum Gasteiger partial charge on any atom is -0.444 e. The molecule has 0 aliphatic carbocycles. The van der Waals surface area contributed by atoms with E-state index >= 15 is 0 Å². The van der Waals surface area contributed by atoms with Gasteiger partial charge in [-0.25, -0.2) is 13.6 Å². The van der Waals surface area contributed by atoms with E-state index in [1.807, 2.05) is 25.7 Å². The van der Waals surface area contributed by atoms with Crippen LogP contribution < -0.4 is 4.90 Å². The van der Waals surface area contributed by atoms with Crippen LogP contribution >= 0.6 is 0 Å². The van der Waals surface area contributed by atoms with E-state index in [1.54, 1.807) is 9.80 Å². The number of piperidine rings is 1. The fourth-order valence-corrected chi connectivity index (χ4v) is 3.83. The number of carbonyl (C=O) groups is 2. The number of ether oxygens (including phenoxy) is 1. The monoisotopic (exact) mass is 409 g/mol. The summed E-state index contributed by atoms with van der Waals surface area (Å²) < 4.78 is 32.6. The average Bonchev–Trinajstić information content (AvgIpc) is 2.66. The molecule has 0 N–H and O–H groups in total. The standard InChI is InChI=1S/C21H29F2N3O3/c1-21(2,3)29-20(28)26-8-4-5-15(14-26)19(27)25-11-9-24(10-12-25)18-7-6-16(22)13-17(18)23/h6-7,13,15H,4-5,8-12,14H2,1-3H3. The fourth-order valence-electron chi connectivity index (χ4n) is 3.83. The molecular weight excluding hydrogens is 380 g/mol. The van der Waals surface area contributed by atoms with Crippen molar-refractivity contribution in [3.05, 3.63) is 29.8 Å². The largest absolute Gasteiger partial charge is 0.444 e. The number of benzene rings is 1. The smallest absolute Gasteiger partial charge is 0.410 e. The molecule has 160 valence electrons. The summed E-state index contributed by atoms with van der Waals surface area (Å²) in [4.78, 5) is 30.5. The summed E-state index contributed by atoms with van der Waals surface area (Å²) >= 11 is 0. The lowest BCUT2D eigenvalue weighted by atomic mass is 9.96. The lowest BCUT2D eigenvalue weighted by Gasteiger charge is -2.40. The summed E-state index contributed by atoms with van der Waals surface area (Å²) in [7, 11) is 0. The fraction of sp³-hybridized carbons (Fsp3) is 0.619. The molecule has 29 heavy (non-hydrogen) atoms. The van der Waals surface area contributed by atoms with Crippen LogP contribution in [0.3, 0.4) is 0 Å². The Bertz CT molecular complexity index is 758. The summed E-state index contributed by atoms with van der Waals surface area (Å²) in [6, 6.07) is 3.55. The van der Waals surface area contributed by atoms with E-state index in [2.05, 4.69) is 0 Å². The molecule has 0 aromatic heterocycles. The first-order valence-corrected chi connectivity index (χ1v) is 10.1. The molecule has 1 aromatic rings. The highest BCUT2D eigenvalue weighted by Crippen LogP contribution is 2.24. The molecule has 0 spiro atoms. The Labute approximate surface area is 170 Å². The molecule has 1 unspecified atom stereocenters. The second kappa shape index (κ2) is 8.55. The van der Waals surface area contributed by atoms with Crippen molar-refractivity contribution in [2.75, 3.05) is 44.2 Å². The van der Waals surface area contributed by atoms with Gasteiger partial charge in [0.25, 0.3) is 0 Å². The second-order valence-electron chi connectivity index (χ2n) is 8.67. The third-order valence-electron chi connectivity index (χ3n) is 5.26. The Morgan fingerprint density at radius 3 is 2.34 bits per heavy atom. The zero-order valence-electron chi connectivity index (χ0n) is 17.3. The normalized spacial score (nSPS) is 20.6. The molecule has 6 nitrogen and oxygen atoms in total. The Morgan fingerprint density at radius 1 is 1.03 bits per heavy atom. The molecular formula is C21H29F2N3O3. The quantitative estimate of drug-likeness (QED) is 0.753. The molecule has 1 aromatic carbocycles. The number of halogens is 2. The minimum absolute atomic E-state index is 0.0255. The molecule has 0 bridgehead atoms. The maximum Gasteiger partial charge on any atom is 0.410 e. The lowest BCUT2D eigenvalue weighted by Crippen LogP contribution is -2.53. The van der Waals surface area contributed by atoms with Gasteiger partial charge in [0.2, 0.25) is 5.91 Å². The molecule has 0 saturated carbocycles. The molecule has 3 rings (SSSR count). The van der Waals surface area contributed by atoms with Gasteiger partial charge in [-0.1, -0.05) is 0 Å². The predicted molar refractivity (Wildman–Crippen MR) is 106 cm³/mol. The van der Waals surface area contributed by atoms with Crippen molar-refractivity contribution in [2.24, 2.45) is 5.92 Å². The highest BCUT2D eigenvalue weighted by atomic mass is 19.1. The highest BCUT2D eigenvalue weighted by molar-refractivity contribution is 5.80. The summed E-state index contributed by atoms with van der Waals surface area (Å²) in [5.74, 6) is -1.42. The maximum atomic E-state index is 14.0. The van der Waals surface area contributed by atoms with Gasteiger partial charge in [-0.3, -0.25) is 4.79 Å². The number of carbonyl (C=O) groups excluding carboxylic acids is 2. The van der Waals surface area contributed by atoms with Crippen LogP contribution in [0.5, 0.6) is 0 Å². The first-order chi connectivity index (χ1) is 13.6. The van der Waals surface area contributed by atoms with E-state index in [4.69, 9.17) is 4.74 Å². The lowest BCUT2D eigenvalue weighted by molar-refractivity contribution is -0.137. The van der Waals surface area contributed by atoms with Gasteiger partial charge >= 0.3 is 6.09 Å². The van der Waals surface area contributed by atoms with Gasteiger partial charge in [0.1, 0.15) is 17.2 Å². The number of amides is 2. The third kappa shape index (κ3) is 5.36. The third-order valence-corrected chi connectivity index (χ3v) is 5.26. The van der Waals surface area contributed by atoms with Crippen LogP contribution in [0.15, 0.2) is 18.2 Å². The van der Waals surface area contributed by atoms with E-state index in [0.29, 0.717) is 45.0 Å². The van der Waals surface area contributed by atoms with Crippen molar-refractivity contribution in [1.82, 2.24) is 9.80 Å². The van der Waals surface area contributed by atoms with Crippen LogP contribution in [0.25, 0.3) is 0 Å². The zero-order valence-corrected chi connectivity index (χ0v) is 17.3. The number of hydrogen-bond donors (Lipinski definition) is 0. The van der Waals surface area contributed by atoms with Crippen molar-refractivity contribution < 1.29 is 23.1 Å². The molecule has 8 heteroatoms. The first-order valence-electron chi connectivity index (χ1n) is 10.1. The average molecular weight is 409 g/mol. The minimum atomic E-state index is -0.605. The van der Waals surface area contributed by atoms with Gasteiger partial charge in [0.05, 0.1) is 11.6 Å². The number of anilines is 1. The van der Waals surface area contributed by atoms with Crippen LogP contribution in [0.4, 0.5) is 19.3 Å². The van der Waals surface area contributed by atoms with E-state index < -0.39 is 17.2 Å². The predicted octanol–water partition coefficient (Wildman–Crippen LogP) is 3.26. The summed E-state index contributed by atoms with van der Waals surface area (Å²) in [5, 5.41) is 0. The van der Waals surface area contributed by atoms with E-state index in [0.717, 1.165) is 18.9 Å². The highest BCUT2D eigenvalue weighted by Gasteiger charge is 2.34. The molecule has 2 saturated heterocycles. The molecule has 2 amide bonds. The summed E-state index contributed by atoms with van der Waals surface area (Å²) in [5.41, 5.74) is -0.216. The molecule has 2 heterocycles. The topological polar surface area (TPSA) is 53.1 Å². The van der Waals surface area contributed by atoms with E-state index in [-0.39, 0.29) is 17.9 Å². The number of hydrogen-bond acceptors (Lipinski definition) is 4. The van der Waals surface area contributed by atoms with Crippen molar-refractivity contribution in [2.45, 2.75) is 39.2 Å². The Morgan fingerprint density at radius 2 is 1.72 bits per heavy atom. The molecule has 2 aliphatic heterocycles. The first kappa shape index (κ1) is 21.3. The number of rotatable bonds is 2. The van der Waals surface area contributed by atoms with E-state index in [9.17, 15) is 18.4 Å². The van der Waals surface area contributed by atoms with Gasteiger partial charge in [-0.2, -0.15) is 0 Å². The Kier molecular flexibility index (Phi) is 6.29. The van der Waals surface area contributed by atoms with Crippen LogP contribution in [0.1, 0.15) is 33.6 Å². The van der Waals surface area contributed by atoms with Gasteiger partial charge in [0, 0.05) is 45.3 Å². The number of nitrogens with zero attached hydrogens (tertiary/aromatic N) is 3. The Balaban J connectivity index is 1.55. The van der Waals surface area contributed by atoms with Crippen LogP contribution in [-0.2, 0) is 9.53 Å². The molecule has 1 atom stereocenters. The van der Waals surface area contributed by atoms with Crippen molar-refractivity contribution in [1.29, 1.82) is 0 Å². The van der Waals surface area contributed by atoms with Crippen molar-refractivity contribution >= 4 is 17.7 Å². The zero-order chi connectivity index (χ0) is 21.2. The Hall–Kier alpha value is -2.38. The van der Waals surface area contributed by atoms with Gasteiger partial charge in [-0.05, 0) is 45.7 Å². The van der Waals surface area contributed by atoms with Crippen LogP contribution in [0, 0.1) is 17.6 Å². The number of piperazine rings is 1.